The lowest BCUT2D eigenvalue weighted by Gasteiger charge is -2.22. The van der Waals surface area contributed by atoms with E-state index in [0.717, 1.165) is 16.5 Å². The third-order valence-electron chi connectivity index (χ3n) is 3.39. The molecule has 2 rings (SSSR count). The zero-order chi connectivity index (χ0) is 14.8. The Bertz CT molecular complexity index is 662. The first kappa shape index (κ1) is 14.0. The number of aromatic nitrogens is 1. The molecule has 5 nitrogen and oxygen atoms in total. The molecule has 1 aromatic carbocycles. The fourth-order valence-corrected chi connectivity index (χ4v) is 2.15. The van der Waals surface area contributed by atoms with E-state index in [9.17, 15) is 14.7 Å². The van der Waals surface area contributed by atoms with E-state index in [1.54, 1.807) is 12.3 Å². The summed E-state index contributed by atoms with van der Waals surface area (Å²) >= 11 is 0. The van der Waals surface area contributed by atoms with Crippen LogP contribution >= 0.6 is 0 Å². The van der Waals surface area contributed by atoms with E-state index in [0.29, 0.717) is 0 Å². The Morgan fingerprint density at radius 2 is 2.00 bits per heavy atom. The van der Waals surface area contributed by atoms with Gasteiger partial charge in [-0.05, 0) is 31.0 Å². The van der Waals surface area contributed by atoms with Gasteiger partial charge in [0.05, 0.1) is 12.6 Å². The lowest BCUT2D eigenvalue weighted by Crippen LogP contribution is -2.39. The molecule has 0 bridgehead atoms. The number of methoxy groups -OCH3 is 1. The molecule has 5 heteroatoms. The molecule has 1 unspecified atom stereocenters. The number of para-hydroxylation sites is 1. The lowest BCUT2D eigenvalue weighted by atomic mass is 9.83. The van der Waals surface area contributed by atoms with Crippen LogP contribution in [0.15, 0.2) is 36.5 Å². The molecule has 0 spiro atoms. The van der Waals surface area contributed by atoms with Crippen molar-refractivity contribution in [3.8, 4) is 0 Å². The predicted octanol–water partition coefficient (Wildman–Crippen LogP) is 2.04. The first-order chi connectivity index (χ1) is 9.49. The van der Waals surface area contributed by atoms with Crippen LogP contribution in [0.1, 0.15) is 12.5 Å². The van der Waals surface area contributed by atoms with Crippen molar-refractivity contribution < 1.29 is 19.4 Å². The molecule has 0 saturated carbocycles. The van der Waals surface area contributed by atoms with Crippen LogP contribution in [0.4, 0.5) is 0 Å². The molecule has 0 radical (unpaired) electrons. The van der Waals surface area contributed by atoms with Gasteiger partial charge >= 0.3 is 11.9 Å². The van der Waals surface area contributed by atoms with Crippen molar-refractivity contribution in [2.75, 3.05) is 7.11 Å². The maximum absolute atomic E-state index is 11.8. The number of nitrogens with zero attached hydrogens (tertiary/aromatic N) is 1. The van der Waals surface area contributed by atoms with Crippen LogP contribution in [-0.4, -0.2) is 29.1 Å². The molecule has 0 amide bonds. The van der Waals surface area contributed by atoms with Crippen molar-refractivity contribution >= 4 is 22.8 Å². The van der Waals surface area contributed by atoms with Crippen LogP contribution in [0, 0.1) is 5.41 Å². The summed E-state index contributed by atoms with van der Waals surface area (Å²) in [7, 11) is 1.19. The summed E-state index contributed by atoms with van der Waals surface area (Å²) in [5.74, 6) is -1.96. The van der Waals surface area contributed by atoms with Gasteiger partial charge < -0.3 is 9.84 Å². The molecule has 0 fully saturated rings. The molecule has 0 aliphatic carbocycles. The standard InChI is InChI=1S/C15H15NO4/c1-15(13(17)18,14(19)20-2)9-10-7-8-16-12-6-4-3-5-11(10)12/h3-8H,9H2,1-2H3,(H,17,18). The second kappa shape index (κ2) is 5.28. The molecule has 0 aliphatic rings. The number of hydrogen-bond donors (Lipinski definition) is 1. The number of carboxylic acid groups (broad SMARTS) is 1. The first-order valence-electron chi connectivity index (χ1n) is 6.13. The Kier molecular flexibility index (Phi) is 3.70. The number of carbonyl (C=O) groups is 2. The van der Waals surface area contributed by atoms with Gasteiger partial charge in [-0.3, -0.25) is 14.6 Å². The molecular formula is C15H15NO4. The van der Waals surface area contributed by atoms with Crippen molar-refractivity contribution in [2.24, 2.45) is 5.41 Å². The van der Waals surface area contributed by atoms with E-state index in [2.05, 4.69) is 9.72 Å². The van der Waals surface area contributed by atoms with E-state index in [4.69, 9.17) is 0 Å². The highest BCUT2D eigenvalue weighted by molar-refractivity contribution is 5.99. The maximum atomic E-state index is 11.8. The van der Waals surface area contributed by atoms with Crippen LogP contribution < -0.4 is 0 Å². The Hall–Kier alpha value is -2.43. The van der Waals surface area contributed by atoms with Gasteiger partial charge in [-0.2, -0.15) is 0 Å². The predicted molar refractivity (Wildman–Crippen MR) is 73.2 cm³/mol. The van der Waals surface area contributed by atoms with Gasteiger partial charge in [0, 0.05) is 11.6 Å². The fraction of sp³-hybridized carbons (Fsp3) is 0.267. The minimum Gasteiger partial charge on any atom is -0.480 e. The number of carbonyl (C=O) groups excluding carboxylic acids is 1. The number of carboxylic acids is 1. The molecule has 0 saturated heterocycles. The zero-order valence-electron chi connectivity index (χ0n) is 11.3. The molecule has 20 heavy (non-hydrogen) atoms. The number of aliphatic carboxylic acids is 1. The van der Waals surface area contributed by atoms with Gasteiger partial charge in [0.15, 0.2) is 5.41 Å². The van der Waals surface area contributed by atoms with Crippen molar-refractivity contribution in [3.63, 3.8) is 0 Å². The lowest BCUT2D eigenvalue weighted by molar-refractivity contribution is -0.165. The average molecular weight is 273 g/mol. The van der Waals surface area contributed by atoms with Crippen molar-refractivity contribution in [1.29, 1.82) is 0 Å². The third-order valence-corrected chi connectivity index (χ3v) is 3.39. The van der Waals surface area contributed by atoms with Crippen molar-refractivity contribution in [3.05, 3.63) is 42.1 Å². The number of hydrogen-bond acceptors (Lipinski definition) is 4. The SMILES string of the molecule is COC(=O)C(C)(Cc1ccnc2ccccc12)C(=O)O. The number of rotatable bonds is 4. The van der Waals surface area contributed by atoms with Crippen LogP contribution in [0.2, 0.25) is 0 Å². The molecule has 0 aliphatic heterocycles. The number of esters is 1. The molecular weight excluding hydrogens is 258 g/mol. The maximum Gasteiger partial charge on any atom is 0.323 e. The summed E-state index contributed by atoms with van der Waals surface area (Å²) in [6, 6.07) is 9.14. The third kappa shape index (κ3) is 2.34. The van der Waals surface area contributed by atoms with Gasteiger partial charge in [-0.25, -0.2) is 0 Å². The summed E-state index contributed by atoms with van der Waals surface area (Å²) in [6.07, 6.45) is 1.66. The second-order valence-electron chi connectivity index (χ2n) is 4.79. The van der Waals surface area contributed by atoms with Crippen LogP contribution in [0.3, 0.4) is 0 Å². The number of fused-ring (bicyclic) bond motifs is 1. The minimum absolute atomic E-state index is 0.0536. The van der Waals surface area contributed by atoms with Gasteiger partial charge in [-0.1, -0.05) is 18.2 Å². The van der Waals surface area contributed by atoms with E-state index in [1.165, 1.54) is 14.0 Å². The van der Waals surface area contributed by atoms with Crippen molar-refractivity contribution in [2.45, 2.75) is 13.3 Å². The average Bonchev–Trinajstić information content (AvgIpc) is 2.46. The summed E-state index contributed by atoms with van der Waals surface area (Å²) in [5, 5.41) is 10.2. The van der Waals surface area contributed by atoms with Gasteiger partial charge in [-0.15, -0.1) is 0 Å². The second-order valence-corrected chi connectivity index (χ2v) is 4.79. The molecule has 104 valence electrons. The van der Waals surface area contributed by atoms with Crippen LogP contribution in [-0.2, 0) is 20.7 Å². The number of pyridine rings is 1. The monoisotopic (exact) mass is 273 g/mol. The summed E-state index contributed by atoms with van der Waals surface area (Å²) in [6.45, 7) is 1.37. The Morgan fingerprint density at radius 3 is 2.65 bits per heavy atom. The quantitative estimate of drug-likeness (QED) is 0.681. The molecule has 1 N–H and O–H groups in total. The van der Waals surface area contributed by atoms with Crippen LogP contribution in [0.5, 0.6) is 0 Å². The smallest absolute Gasteiger partial charge is 0.323 e. The molecule has 2 aromatic rings. The van der Waals surface area contributed by atoms with Gasteiger partial charge in [0.2, 0.25) is 0 Å². The normalized spacial score (nSPS) is 13.7. The zero-order valence-corrected chi connectivity index (χ0v) is 11.3. The number of benzene rings is 1. The van der Waals surface area contributed by atoms with Gasteiger partial charge in [0.25, 0.3) is 0 Å². The largest absolute Gasteiger partial charge is 0.480 e. The Balaban J connectivity index is 2.49. The first-order valence-corrected chi connectivity index (χ1v) is 6.13. The highest BCUT2D eigenvalue weighted by atomic mass is 16.5. The number of ether oxygens (including phenoxy) is 1. The summed E-state index contributed by atoms with van der Waals surface area (Å²) < 4.78 is 4.63. The molecule has 1 heterocycles. The van der Waals surface area contributed by atoms with E-state index >= 15 is 0 Å². The van der Waals surface area contributed by atoms with Crippen LogP contribution in [0.25, 0.3) is 10.9 Å². The molecule has 1 aromatic heterocycles. The van der Waals surface area contributed by atoms with E-state index < -0.39 is 17.4 Å². The highest BCUT2D eigenvalue weighted by Gasteiger charge is 2.43. The van der Waals surface area contributed by atoms with Gasteiger partial charge in [0.1, 0.15) is 0 Å². The minimum atomic E-state index is -1.61. The molecule has 1 atom stereocenters. The fourth-order valence-electron chi connectivity index (χ4n) is 2.15. The Labute approximate surface area is 116 Å². The van der Waals surface area contributed by atoms with Crippen molar-refractivity contribution in [1.82, 2.24) is 4.98 Å². The Morgan fingerprint density at radius 1 is 1.30 bits per heavy atom. The van der Waals surface area contributed by atoms with E-state index in [-0.39, 0.29) is 6.42 Å². The topological polar surface area (TPSA) is 76.5 Å². The van der Waals surface area contributed by atoms with E-state index in [1.807, 2.05) is 24.3 Å². The summed E-state index contributed by atoms with van der Waals surface area (Å²) in [4.78, 5) is 27.5. The highest BCUT2D eigenvalue weighted by Crippen LogP contribution is 2.28. The summed E-state index contributed by atoms with van der Waals surface area (Å²) in [5.41, 5.74) is -0.0905.